The highest BCUT2D eigenvalue weighted by Gasteiger charge is 2.33. The molecule has 2 unspecified atom stereocenters. The number of hydrogen-bond acceptors (Lipinski definition) is 6. The Bertz CT molecular complexity index is 468. The van der Waals surface area contributed by atoms with Crippen molar-refractivity contribution in [2.45, 2.75) is 25.3 Å². The second-order valence-electron chi connectivity index (χ2n) is 4.10. The van der Waals surface area contributed by atoms with Crippen molar-refractivity contribution < 1.29 is 12.9 Å². The third-order valence-electron chi connectivity index (χ3n) is 2.86. The summed E-state index contributed by atoms with van der Waals surface area (Å²) in [5.41, 5.74) is 0. The van der Waals surface area contributed by atoms with Crippen molar-refractivity contribution in [3.63, 3.8) is 0 Å². The van der Waals surface area contributed by atoms with Gasteiger partial charge in [0.05, 0.1) is 23.5 Å². The van der Waals surface area contributed by atoms with Crippen molar-refractivity contribution in [1.82, 2.24) is 15.5 Å². The molecule has 7 heteroatoms. The van der Waals surface area contributed by atoms with Crippen LogP contribution in [0.1, 0.15) is 37.0 Å². The Morgan fingerprint density at radius 1 is 1.56 bits per heavy atom. The lowest BCUT2D eigenvalue weighted by atomic mass is 10.1. The summed E-state index contributed by atoms with van der Waals surface area (Å²) >= 11 is 0. The Labute approximate surface area is 94.3 Å². The molecule has 0 spiro atoms. The molecule has 0 bridgehead atoms. The van der Waals surface area contributed by atoms with Gasteiger partial charge in [-0.1, -0.05) is 5.16 Å². The molecule has 0 amide bonds. The normalized spacial score (nSPS) is 25.8. The van der Waals surface area contributed by atoms with Gasteiger partial charge in [-0.15, -0.1) is 0 Å². The number of aromatic nitrogens is 2. The van der Waals surface area contributed by atoms with Crippen molar-refractivity contribution in [3.8, 4) is 0 Å². The molecule has 1 fully saturated rings. The Hall–Kier alpha value is -0.950. The van der Waals surface area contributed by atoms with Crippen LogP contribution in [0.4, 0.5) is 0 Å². The van der Waals surface area contributed by atoms with Gasteiger partial charge in [0, 0.05) is 0 Å². The van der Waals surface area contributed by atoms with E-state index in [9.17, 15) is 8.42 Å². The molecule has 90 valence electrons. The maximum Gasteiger partial charge on any atom is 0.230 e. The number of nitrogens with zero attached hydrogens (tertiary/aromatic N) is 2. The van der Waals surface area contributed by atoms with Crippen LogP contribution >= 0.6 is 0 Å². The van der Waals surface area contributed by atoms with Crippen LogP contribution in [-0.2, 0) is 9.84 Å². The largest absolute Gasteiger partial charge is 0.339 e. The average Bonchev–Trinajstić information content (AvgIpc) is 2.83. The fourth-order valence-corrected chi connectivity index (χ4v) is 3.44. The molecule has 1 saturated heterocycles. The fraction of sp³-hybridized carbons (Fsp3) is 0.778. The van der Waals surface area contributed by atoms with E-state index >= 15 is 0 Å². The smallest absolute Gasteiger partial charge is 0.230 e. The third-order valence-corrected chi connectivity index (χ3v) is 4.63. The molecule has 1 aliphatic heterocycles. The highest BCUT2D eigenvalue weighted by Crippen LogP contribution is 2.28. The first-order chi connectivity index (χ1) is 7.52. The van der Waals surface area contributed by atoms with E-state index in [2.05, 4.69) is 15.5 Å². The molecule has 0 aromatic carbocycles. The molecule has 2 atom stereocenters. The molecule has 1 aliphatic rings. The van der Waals surface area contributed by atoms with E-state index in [1.165, 1.54) is 0 Å². The van der Waals surface area contributed by atoms with Crippen LogP contribution < -0.4 is 5.32 Å². The van der Waals surface area contributed by atoms with E-state index in [1.54, 1.807) is 7.05 Å². The van der Waals surface area contributed by atoms with Crippen molar-refractivity contribution in [2.24, 2.45) is 0 Å². The molecule has 1 N–H and O–H groups in total. The monoisotopic (exact) mass is 245 g/mol. The predicted molar refractivity (Wildman–Crippen MR) is 57.8 cm³/mol. The van der Waals surface area contributed by atoms with Gasteiger partial charge >= 0.3 is 0 Å². The summed E-state index contributed by atoms with van der Waals surface area (Å²) in [5, 5.41) is 6.83. The lowest BCUT2D eigenvalue weighted by Crippen LogP contribution is -2.14. The molecule has 2 heterocycles. The highest BCUT2D eigenvalue weighted by atomic mass is 32.2. The molecule has 1 aromatic heterocycles. The molecule has 2 rings (SSSR count). The molecular weight excluding hydrogens is 230 g/mol. The van der Waals surface area contributed by atoms with Crippen LogP contribution in [0.15, 0.2) is 4.52 Å². The summed E-state index contributed by atoms with van der Waals surface area (Å²) in [6.45, 7) is 1.92. The van der Waals surface area contributed by atoms with Gasteiger partial charge in [-0.25, -0.2) is 8.42 Å². The van der Waals surface area contributed by atoms with E-state index < -0.39 is 9.84 Å². The fourth-order valence-electron chi connectivity index (χ4n) is 1.71. The first kappa shape index (κ1) is 11.5. The molecule has 1 aromatic rings. The Morgan fingerprint density at radius 2 is 2.31 bits per heavy atom. The van der Waals surface area contributed by atoms with E-state index in [0.717, 1.165) is 0 Å². The van der Waals surface area contributed by atoms with Crippen LogP contribution in [0.25, 0.3) is 0 Å². The minimum absolute atomic E-state index is 0.00973. The first-order valence-electron chi connectivity index (χ1n) is 5.23. The van der Waals surface area contributed by atoms with E-state index in [0.29, 0.717) is 18.1 Å². The Kier molecular flexibility index (Phi) is 2.98. The lowest BCUT2D eigenvalue weighted by molar-refractivity contribution is 0.353. The van der Waals surface area contributed by atoms with Gasteiger partial charge in [0.1, 0.15) is 0 Å². The van der Waals surface area contributed by atoms with Crippen LogP contribution in [0, 0.1) is 0 Å². The third kappa shape index (κ3) is 2.25. The van der Waals surface area contributed by atoms with Crippen molar-refractivity contribution >= 4 is 9.84 Å². The van der Waals surface area contributed by atoms with E-state index in [4.69, 9.17) is 4.52 Å². The first-order valence-corrected chi connectivity index (χ1v) is 7.05. The molecular formula is C9H15N3O3S. The number of nitrogens with one attached hydrogen (secondary N) is 1. The maximum atomic E-state index is 11.3. The standard InChI is InChI=1S/C9H15N3O3S/c1-6(10-2)8-11-9(15-12-8)7-3-4-16(13,14)5-7/h6-7,10H,3-5H2,1-2H3. The minimum atomic E-state index is -2.90. The molecule has 0 radical (unpaired) electrons. The van der Waals surface area contributed by atoms with Crippen LogP contribution in [0.2, 0.25) is 0 Å². The summed E-state index contributed by atoms with van der Waals surface area (Å²) in [6.07, 6.45) is 0.581. The van der Waals surface area contributed by atoms with Crippen molar-refractivity contribution in [2.75, 3.05) is 18.6 Å². The summed E-state index contributed by atoms with van der Waals surface area (Å²) in [6, 6.07) is 0.00973. The Balaban J connectivity index is 2.14. The lowest BCUT2D eigenvalue weighted by Gasteiger charge is -2.02. The molecule has 0 saturated carbocycles. The number of sulfone groups is 1. The van der Waals surface area contributed by atoms with Gasteiger partial charge in [0.15, 0.2) is 15.7 Å². The highest BCUT2D eigenvalue weighted by molar-refractivity contribution is 7.91. The quantitative estimate of drug-likeness (QED) is 0.821. The van der Waals surface area contributed by atoms with Crippen LogP contribution in [0.5, 0.6) is 0 Å². The van der Waals surface area contributed by atoms with Gasteiger partial charge in [-0.3, -0.25) is 0 Å². The van der Waals surface area contributed by atoms with E-state index in [-0.39, 0.29) is 23.5 Å². The van der Waals surface area contributed by atoms with Gasteiger partial charge in [0.2, 0.25) is 5.89 Å². The zero-order chi connectivity index (χ0) is 11.8. The summed E-state index contributed by atoms with van der Waals surface area (Å²) in [7, 11) is -1.10. The number of hydrogen-bond donors (Lipinski definition) is 1. The average molecular weight is 245 g/mol. The van der Waals surface area contributed by atoms with Gasteiger partial charge in [-0.05, 0) is 20.4 Å². The van der Waals surface area contributed by atoms with Gasteiger partial charge in [0.25, 0.3) is 0 Å². The number of rotatable bonds is 3. The maximum absolute atomic E-state index is 11.3. The summed E-state index contributed by atoms with van der Waals surface area (Å²) < 4.78 is 27.7. The SMILES string of the molecule is CNC(C)c1noc(C2CCS(=O)(=O)C2)n1. The topological polar surface area (TPSA) is 85.1 Å². The Morgan fingerprint density at radius 3 is 2.88 bits per heavy atom. The van der Waals surface area contributed by atoms with Crippen molar-refractivity contribution in [1.29, 1.82) is 0 Å². The van der Waals surface area contributed by atoms with Crippen LogP contribution in [-0.4, -0.2) is 37.1 Å². The minimum Gasteiger partial charge on any atom is -0.339 e. The van der Waals surface area contributed by atoms with Crippen LogP contribution in [0.3, 0.4) is 0 Å². The second kappa shape index (κ2) is 4.14. The van der Waals surface area contributed by atoms with Gasteiger partial charge in [-0.2, -0.15) is 4.98 Å². The molecule has 0 aliphatic carbocycles. The van der Waals surface area contributed by atoms with Crippen molar-refractivity contribution in [3.05, 3.63) is 11.7 Å². The zero-order valence-corrected chi connectivity index (χ0v) is 10.1. The summed E-state index contributed by atoms with van der Waals surface area (Å²) in [4.78, 5) is 4.22. The molecule has 16 heavy (non-hydrogen) atoms. The van der Waals surface area contributed by atoms with Gasteiger partial charge < -0.3 is 9.84 Å². The zero-order valence-electron chi connectivity index (χ0n) is 9.30. The molecule has 6 nitrogen and oxygen atoms in total. The predicted octanol–water partition coefficient (Wildman–Crippen LogP) is 0.252. The second-order valence-corrected chi connectivity index (χ2v) is 6.33. The van der Waals surface area contributed by atoms with E-state index in [1.807, 2.05) is 6.92 Å². The summed E-state index contributed by atoms with van der Waals surface area (Å²) in [5.74, 6) is 1.23.